The molecule has 1 aromatic heterocycles. The lowest BCUT2D eigenvalue weighted by molar-refractivity contribution is -0.122. The zero-order valence-electron chi connectivity index (χ0n) is 18.5. The van der Waals surface area contributed by atoms with Gasteiger partial charge in [0, 0.05) is 38.2 Å². The maximum absolute atomic E-state index is 12.8. The molecule has 1 atom stereocenters. The van der Waals surface area contributed by atoms with E-state index < -0.39 is 5.92 Å². The van der Waals surface area contributed by atoms with E-state index in [1.165, 1.54) is 27.8 Å². The Morgan fingerprint density at radius 1 is 1.09 bits per heavy atom. The highest BCUT2D eigenvalue weighted by molar-refractivity contribution is 6.03. The summed E-state index contributed by atoms with van der Waals surface area (Å²) in [4.78, 5) is 33.5. The molecule has 2 amide bonds. The highest BCUT2D eigenvalue weighted by atomic mass is 16.5. The topological polar surface area (TPSA) is 122 Å². The molecule has 2 saturated heterocycles. The molecule has 0 aliphatic carbocycles. The summed E-state index contributed by atoms with van der Waals surface area (Å²) in [6.07, 6.45) is 3.52. The predicted molar refractivity (Wildman–Crippen MR) is 118 cm³/mol. The summed E-state index contributed by atoms with van der Waals surface area (Å²) in [5.74, 6) is 1.22. The van der Waals surface area contributed by atoms with Gasteiger partial charge >= 0.3 is 0 Å². The number of ether oxygens (including phenoxy) is 3. The van der Waals surface area contributed by atoms with E-state index in [4.69, 9.17) is 14.2 Å². The first kappa shape index (κ1) is 21.7. The molecule has 2 aliphatic heterocycles. The molecule has 1 aromatic carbocycles. The molecule has 2 aliphatic rings. The lowest BCUT2D eigenvalue weighted by Crippen LogP contribution is -2.30. The van der Waals surface area contributed by atoms with E-state index in [2.05, 4.69) is 25.4 Å². The third-order valence-electron chi connectivity index (χ3n) is 5.81. The second kappa shape index (κ2) is 9.33. The van der Waals surface area contributed by atoms with Crippen molar-refractivity contribution in [3.63, 3.8) is 0 Å². The van der Waals surface area contributed by atoms with Crippen LogP contribution in [0, 0.1) is 5.92 Å². The number of carbonyl (C=O) groups excluding carboxylic acids is 2. The Hall–Kier alpha value is -3.50. The number of benzene rings is 1. The standard InChI is InChI=1S/C21H28N6O5/c1-30-15-10-14(11-16(31-2)18(15)32-3)27-12-13(9-17(27)28)19(29)22-20-23-21(25-24-20)26-7-5-4-6-8-26/h10-11,13H,4-9,12H2,1-3H3,(H2,22,23,24,25,29). The molecule has 1 unspecified atom stereocenters. The predicted octanol–water partition coefficient (Wildman–Crippen LogP) is 1.81. The van der Waals surface area contributed by atoms with E-state index in [9.17, 15) is 9.59 Å². The summed E-state index contributed by atoms with van der Waals surface area (Å²) in [7, 11) is 4.54. The molecule has 0 radical (unpaired) electrons. The van der Waals surface area contributed by atoms with Gasteiger partial charge in [-0.3, -0.25) is 14.9 Å². The zero-order valence-corrected chi connectivity index (χ0v) is 18.5. The first-order chi connectivity index (χ1) is 15.5. The summed E-state index contributed by atoms with van der Waals surface area (Å²) in [5.41, 5.74) is 0.576. The normalized spacial score (nSPS) is 18.6. The van der Waals surface area contributed by atoms with Crippen molar-refractivity contribution in [2.45, 2.75) is 25.7 Å². The Kier molecular flexibility index (Phi) is 6.33. The molecule has 0 bridgehead atoms. The molecular formula is C21H28N6O5. The average Bonchev–Trinajstić information content (AvgIpc) is 3.45. The van der Waals surface area contributed by atoms with Crippen LogP contribution in [-0.2, 0) is 9.59 Å². The molecule has 2 fully saturated rings. The van der Waals surface area contributed by atoms with Gasteiger partial charge in [-0.2, -0.15) is 4.98 Å². The molecule has 2 aromatic rings. The van der Waals surface area contributed by atoms with Crippen LogP contribution >= 0.6 is 0 Å². The Labute approximate surface area is 186 Å². The number of aromatic amines is 1. The van der Waals surface area contributed by atoms with Crippen molar-refractivity contribution in [1.82, 2.24) is 15.2 Å². The Bertz CT molecular complexity index is 962. The van der Waals surface area contributed by atoms with Crippen molar-refractivity contribution in [2.75, 3.05) is 56.1 Å². The highest BCUT2D eigenvalue weighted by Gasteiger charge is 2.36. The monoisotopic (exact) mass is 444 g/mol. The summed E-state index contributed by atoms with van der Waals surface area (Å²) < 4.78 is 16.1. The average molecular weight is 444 g/mol. The van der Waals surface area contributed by atoms with E-state index in [-0.39, 0.29) is 30.7 Å². The number of H-pyrrole nitrogens is 1. The summed E-state index contributed by atoms with van der Waals surface area (Å²) in [5, 5.41) is 9.74. The second-order valence-electron chi connectivity index (χ2n) is 7.81. The number of aromatic nitrogens is 3. The number of nitrogens with zero attached hydrogens (tertiary/aromatic N) is 4. The number of piperidine rings is 1. The van der Waals surface area contributed by atoms with Crippen LogP contribution in [0.25, 0.3) is 0 Å². The van der Waals surface area contributed by atoms with Gasteiger partial charge in [0.1, 0.15) is 0 Å². The lowest BCUT2D eigenvalue weighted by atomic mass is 10.1. The van der Waals surface area contributed by atoms with Crippen LogP contribution < -0.4 is 29.3 Å². The maximum atomic E-state index is 12.8. The van der Waals surface area contributed by atoms with Gasteiger partial charge in [-0.15, -0.1) is 5.10 Å². The molecule has 172 valence electrons. The minimum atomic E-state index is -0.523. The van der Waals surface area contributed by atoms with Crippen molar-refractivity contribution in [3.05, 3.63) is 12.1 Å². The Morgan fingerprint density at radius 2 is 1.78 bits per heavy atom. The third-order valence-corrected chi connectivity index (χ3v) is 5.81. The van der Waals surface area contributed by atoms with Crippen LogP contribution in [0.5, 0.6) is 17.2 Å². The van der Waals surface area contributed by atoms with Crippen LogP contribution in [0.1, 0.15) is 25.7 Å². The van der Waals surface area contributed by atoms with Crippen LogP contribution in [0.2, 0.25) is 0 Å². The Balaban J connectivity index is 1.44. The molecule has 0 spiro atoms. The van der Waals surface area contributed by atoms with Crippen LogP contribution in [0.3, 0.4) is 0 Å². The lowest BCUT2D eigenvalue weighted by Gasteiger charge is -2.24. The van der Waals surface area contributed by atoms with Gasteiger partial charge in [0.25, 0.3) is 0 Å². The van der Waals surface area contributed by atoms with E-state index in [0.29, 0.717) is 28.9 Å². The van der Waals surface area contributed by atoms with Crippen molar-refractivity contribution in [1.29, 1.82) is 0 Å². The molecule has 4 rings (SSSR count). The molecule has 32 heavy (non-hydrogen) atoms. The number of rotatable bonds is 7. The third kappa shape index (κ3) is 4.27. The molecule has 3 heterocycles. The van der Waals surface area contributed by atoms with Crippen molar-refractivity contribution in [3.8, 4) is 17.2 Å². The minimum absolute atomic E-state index is 0.0929. The van der Waals surface area contributed by atoms with Crippen molar-refractivity contribution in [2.24, 2.45) is 5.92 Å². The van der Waals surface area contributed by atoms with E-state index >= 15 is 0 Å². The van der Waals surface area contributed by atoms with E-state index in [0.717, 1.165) is 25.9 Å². The van der Waals surface area contributed by atoms with Gasteiger partial charge in [0.15, 0.2) is 11.5 Å². The van der Waals surface area contributed by atoms with Crippen LogP contribution in [-0.4, -0.2) is 68.0 Å². The first-order valence-electron chi connectivity index (χ1n) is 10.6. The molecule has 0 saturated carbocycles. The first-order valence-corrected chi connectivity index (χ1v) is 10.6. The quantitative estimate of drug-likeness (QED) is 0.663. The van der Waals surface area contributed by atoms with Gasteiger partial charge in [-0.1, -0.05) is 0 Å². The van der Waals surface area contributed by atoms with Crippen molar-refractivity contribution < 1.29 is 23.8 Å². The summed E-state index contributed by atoms with van der Waals surface area (Å²) in [6.45, 7) is 2.05. The van der Waals surface area contributed by atoms with Gasteiger partial charge in [0.05, 0.1) is 32.9 Å². The van der Waals surface area contributed by atoms with Gasteiger partial charge < -0.3 is 24.0 Å². The summed E-state index contributed by atoms with van der Waals surface area (Å²) in [6, 6.07) is 3.39. The van der Waals surface area contributed by atoms with Gasteiger partial charge in [-0.25, -0.2) is 5.10 Å². The SMILES string of the molecule is COc1cc(N2CC(C(=O)Nc3nc(N4CCCCC4)n[nH]3)CC2=O)cc(OC)c1OC. The maximum Gasteiger partial charge on any atom is 0.246 e. The second-order valence-corrected chi connectivity index (χ2v) is 7.81. The zero-order chi connectivity index (χ0) is 22.7. The highest BCUT2D eigenvalue weighted by Crippen LogP contribution is 2.42. The van der Waals surface area contributed by atoms with Gasteiger partial charge in [0.2, 0.25) is 29.5 Å². The number of amides is 2. The van der Waals surface area contributed by atoms with E-state index in [1.54, 1.807) is 17.0 Å². The fraction of sp³-hybridized carbons (Fsp3) is 0.524. The number of anilines is 3. The van der Waals surface area contributed by atoms with Crippen LogP contribution in [0.15, 0.2) is 12.1 Å². The molecule has 11 heteroatoms. The number of carbonyl (C=O) groups is 2. The fourth-order valence-electron chi connectivity index (χ4n) is 4.12. The smallest absolute Gasteiger partial charge is 0.246 e. The Morgan fingerprint density at radius 3 is 2.41 bits per heavy atom. The number of hydrogen-bond donors (Lipinski definition) is 2. The summed E-state index contributed by atoms with van der Waals surface area (Å²) >= 11 is 0. The number of methoxy groups -OCH3 is 3. The minimum Gasteiger partial charge on any atom is -0.493 e. The molecule has 2 N–H and O–H groups in total. The van der Waals surface area contributed by atoms with Gasteiger partial charge in [-0.05, 0) is 19.3 Å². The van der Waals surface area contributed by atoms with Crippen LogP contribution in [0.4, 0.5) is 17.6 Å². The molecule has 11 nitrogen and oxygen atoms in total. The largest absolute Gasteiger partial charge is 0.493 e. The number of hydrogen-bond acceptors (Lipinski definition) is 8. The van der Waals surface area contributed by atoms with Crippen molar-refractivity contribution >= 4 is 29.4 Å². The fourth-order valence-corrected chi connectivity index (χ4v) is 4.12. The molecular weight excluding hydrogens is 416 g/mol. The van der Waals surface area contributed by atoms with E-state index in [1.807, 2.05) is 0 Å². The number of nitrogens with one attached hydrogen (secondary N) is 2.